The number of nitrogens with zero attached hydrogens (tertiary/aromatic N) is 3. The number of fused-ring (bicyclic) bond motifs is 8. The molecule has 0 saturated heterocycles. The molecule has 10 aromatic carbocycles. The van der Waals surface area contributed by atoms with Crippen molar-refractivity contribution in [2.45, 2.75) is 272 Å². The first-order valence-electron chi connectivity index (χ1n) is 41.8. The van der Waals surface area contributed by atoms with E-state index in [0.29, 0.717) is 0 Å². The van der Waals surface area contributed by atoms with E-state index in [1.54, 1.807) is 6.26 Å². The summed E-state index contributed by atoms with van der Waals surface area (Å²) in [5, 5.41) is 3.07. The molecule has 12 aromatic rings. The first-order chi connectivity index (χ1) is 53.3. The third kappa shape index (κ3) is 16.1. The number of halogens is 2. The van der Waals surface area contributed by atoms with Gasteiger partial charge in [0.1, 0.15) is 23.7 Å². The Morgan fingerprint density at radius 2 is 0.772 bits per heavy atom. The molecule has 114 heavy (non-hydrogen) atoms. The van der Waals surface area contributed by atoms with E-state index in [1.165, 1.54) is 140 Å². The molecule has 596 valence electrons. The topological polar surface area (TPSA) is 62.0 Å². The molecule has 16 rings (SSSR count). The smallest absolute Gasteiger partial charge is 0.136 e. The zero-order chi connectivity index (χ0) is 82.4. The highest BCUT2D eigenvalue weighted by molar-refractivity contribution is 9.10. The van der Waals surface area contributed by atoms with Crippen molar-refractivity contribution < 1.29 is 8.83 Å². The number of nitrogens with two attached hydrogens (primary N) is 1. The fourth-order valence-corrected chi connectivity index (χ4v) is 19.2. The minimum atomic E-state index is -0.0603. The van der Waals surface area contributed by atoms with E-state index >= 15 is 0 Å². The highest BCUT2D eigenvalue weighted by Crippen LogP contribution is 2.64. The van der Waals surface area contributed by atoms with Gasteiger partial charge in [-0.25, -0.2) is 0 Å². The highest BCUT2D eigenvalue weighted by Gasteiger charge is 2.59. The molecule has 2 N–H and O–H groups in total. The van der Waals surface area contributed by atoms with Crippen molar-refractivity contribution in [2.75, 3.05) is 20.4 Å². The first kappa shape index (κ1) is 83.2. The van der Waals surface area contributed by atoms with Gasteiger partial charge in [0.25, 0.3) is 0 Å². The van der Waals surface area contributed by atoms with Crippen molar-refractivity contribution >= 4 is 95.0 Å². The third-order valence-electron chi connectivity index (χ3n) is 26.0. The van der Waals surface area contributed by atoms with Crippen LogP contribution < -0.4 is 20.4 Å². The summed E-state index contributed by atoms with van der Waals surface area (Å²) in [4.78, 5) is 7.80. The first-order valence-corrected chi connectivity index (χ1v) is 42.9. The summed E-state index contributed by atoms with van der Waals surface area (Å²) in [5.74, 6) is 0. The van der Waals surface area contributed by atoms with Gasteiger partial charge < -0.3 is 29.3 Å². The van der Waals surface area contributed by atoms with Gasteiger partial charge in [-0.05, 0) is 266 Å². The highest BCUT2D eigenvalue weighted by atomic mass is 79.9. The largest absolute Gasteiger partial charge is 0.463 e. The lowest BCUT2D eigenvalue weighted by atomic mass is 9.61. The summed E-state index contributed by atoms with van der Waals surface area (Å²) in [6.45, 7) is 55.3. The van der Waals surface area contributed by atoms with Crippen molar-refractivity contribution in [3.63, 3.8) is 0 Å². The summed E-state index contributed by atoms with van der Waals surface area (Å²) in [5.41, 5.74) is 36.3. The summed E-state index contributed by atoms with van der Waals surface area (Å²) in [6, 6.07) is 76.0. The molecule has 2 aliphatic carbocycles. The number of hydrogen-bond donors (Lipinski definition) is 1. The normalized spacial score (nSPS) is 19.5. The van der Waals surface area contributed by atoms with E-state index in [-0.39, 0.29) is 54.4 Å². The molecule has 0 spiro atoms. The van der Waals surface area contributed by atoms with Crippen molar-refractivity contribution in [3.8, 4) is 22.3 Å². The fraction of sp³-hybridized carbons (Fsp3) is 0.396. The number of anilines is 8. The third-order valence-corrected chi connectivity index (χ3v) is 26.9. The molecule has 0 radical (unpaired) electrons. The van der Waals surface area contributed by atoms with Crippen molar-refractivity contribution in [2.24, 2.45) is 0 Å². The number of rotatable bonds is 7. The van der Waals surface area contributed by atoms with Crippen molar-refractivity contribution in [3.05, 3.63) is 284 Å². The van der Waals surface area contributed by atoms with Crippen LogP contribution in [0.2, 0.25) is 5.02 Å². The Morgan fingerprint density at radius 1 is 0.386 bits per heavy atom. The van der Waals surface area contributed by atoms with Crippen LogP contribution >= 0.6 is 27.5 Å². The number of nitrogen functional groups attached to an aromatic ring is 1. The predicted molar refractivity (Wildman–Crippen MR) is 495 cm³/mol. The van der Waals surface area contributed by atoms with Gasteiger partial charge in [-0.15, -0.1) is 0 Å². The number of furan rings is 2. The molecule has 0 bridgehead atoms. The van der Waals surface area contributed by atoms with Gasteiger partial charge in [-0.2, -0.15) is 0 Å². The van der Waals surface area contributed by atoms with E-state index in [4.69, 9.17) is 26.2 Å². The standard InChI is InChI=1S/C53H62N2O.C25H32ClN.C16H19N.C12H13BrO/c1-35-28-40(33-41(29-35)55-46-25-22-38(50(5,6)7)31-44(46)52(11)26-16-17-27-53(52,55)12)54(47-34-56-48-32-39(51(8,9)10)20-23-42(47)48)45-24-21-37(49(2,3)4)30-43(45)36-18-14-13-15-19-36;1-17-13-19(26)16-20(14-17)27-22-10-9-18(23(2,3)4)15-21(22)24(5)11-7-8-12-25(24,27)6;1-16(2,3)13-9-10-15(17)14(11-13)12-7-5-4-6-8-12;1-12(2,3)8-4-5-9-10(13)7-14-11(9)6-8/h13-15,18-25,28-34H,16-17,26-27H2,1-12H3;9-10,13-16H,7-8,11-12H2,1-6H3;4-11H,17H2,1-3H3;4-7H,1-3H3. The second-order valence-electron chi connectivity index (χ2n) is 40.5. The van der Waals surface area contributed by atoms with Crippen molar-refractivity contribution in [1.82, 2.24) is 0 Å². The molecule has 0 amide bonds. The lowest BCUT2D eigenvalue weighted by molar-refractivity contribution is 0.194. The molecule has 2 fully saturated rings. The number of aryl methyl sites for hydroxylation is 2. The fourth-order valence-electron chi connectivity index (χ4n) is 18.5. The van der Waals surface area contributed by atoms with E-state index in [0.717, 1.165) is 66.2 Å². The molecule has 4 unspecified atom stereocenters. The van der Waals surface area contributed by atoms with Gasteiger partial charge >= 0.3 is 0 Å². The SMILES string of the molecule is CC(C)(C)c1ccc(N)c(-c2ccccc2)c1.CC(C)(C)c1ccc2c(Br)coc2c1.Cc1cc(Cl)cc(N2c3ccc(C(C)(C)C)cc3C3(C)CCCCC23C)c1.Cc1cc(N(c2ccc(C(C)(C)C)cc2-c2ccccc2)c2coc3cc(C(C)(C)C)ccc23)cc(N2c3ccc(C(C)(C)C)cc3C3(C)CCCCC23C)c1. The maximum Gasteiger partial charge on any atom is 0.136 e. The second kappa shape index (κ2) is 30.7. The van der Waals surface area contributed by atoms with Crippen LogP contribution in [0.25, 0.3) is 44.2 Å². The molecule has 2 aliphatic heterocycles. The molecule has 2 saturated carbocycles. The summed E-state index contributed by atoms with van der Waals surface area (Å²) in [6.07, 6.45) is 13.6. The average Bonchev–Trinajstić information content (AvgIpc) is 1.54. The van der Waals surface area contributed by atoms with E-state index < -0.39 is 0 Å². The quantitative estimate of drug-likeness (QED) is 0.161. The minimum Gasteiger partial charge on any atom is -0.463 e. The number of hydrogen-bond acceptors (Lipinski definition) is 6. The molecular weight excluding hydrogens is 1480 g/mol. The maximum absolute atomic E-state index is 6.53. The van der Waals surface area contributed by atoms with Crippen LogP contribution in [0.4, 0.5) is 45.5 Å². The van der Waals surface area contributed by atoms with Crippen molar-refractivity contribution in [1.29, 1.82) is 0 Å². The Kier molecular flexibility index (Phi) is 22.4. The van der Waals surface area contributed by atoms with Gasteiger partial charge in [0.15, 0.2) is 0 Å². The Labute approximate surface area is 697 Å². The van der Waals surface area contributed by atoms with Crippen LogP contribution in [0.1, 0.15) is 259 Å². The molecule has 2 aromatic heterocycles. The van der Waals surface area contributed by atoms with Gasteiger partial charge in [-0.1, -0.05) is 285 Å². The van der Waals surface area contributed by atoms with Crippen LogP contribution in [-0.2, 0) is 43.3 Å². The van der Waals surface area contributed by atoms with E-state index in [2.05, 4.69) is 373 Å². The van der Waals surface area contributed by atoms with Crippen LogP contribution in [0, 0.1) is 13.8 Å². The minimum absolute atomic E-state index is 0.00677. The Morgan fingerprint density at radius 3 is 1.25 bits per heavy atom. The molecule has 6 nitrogen and oxygen atoms in total. The Hall–Kier alpha value is -8.75. The number of benzene rings is 10. The van der Waals surface area contributed by atoms with Gasteiger partial charge in [0.05, 0.1) is 26.9 Å². The molecule has 4 aliphatic rings. The molecule has 4 heterocycles. The predicted octanol–water partition coefficient (Wildman–Crippen LogP) is 31.9. The molecular formula is C106H126BrClN4O2. The lowest BCUT2D eigenvalue weighted by Gasteiger charge is -2.50. The Bertz CT molecular complexity index is 5490. The maximum atomic E-state index is 6.53. The summed E-state index contributed by atoms with van der Waals surface area (Å²) >= 11 is 9.92. The summed E-state index contributed by atoms with van der Waals surface area (Å²) in [7, 11) is 0. The van der Waals surface area contributed by atoms with Gasteiger partial charge in [0.2, 0.25) is 0 Å². The monoisotopic (exact) mass is 1600 g/mol. The van der Waals surface area contributed by atoms with Crippen LogP contribution in [0.5, 0.6) is 0 Å². The van der Waals surface area contributed by atoms with E-state index in [9.17, 15) is 0 Å². The van der Waals surface area contributed by atoms with Gasteiger partial charge in [-0.3, -0.25) is 0 Å². The van der Waals surface area contributed by atoms with Gasteiger partial charge in [0, 0.05) is 71.9 Å². The average molecular weight is 1600 g/mol. The second-order valence-corrected chi connectivity index (χ2v) is 41.8. The summed E-state index contributed by atoms with van der Waals surface area (Å²) < 4.78 is 13.0. The van der Waals surface area contributed by atoms with E-state index in [1.807, 2.05) is 36.6 Å². The van der Waals surface area contributed by atoms with Crippen LogP contribution in [0.15, 0.2) is 232 Å². The lowest BCUT2D eigenvalue weighted by Crippen LogP contribution is -2.54. The zero-order valence-corrected chi connectivity index (χ0v) is 75.3. The Balaban J connectivity index is 0.000000159. The molecule has 8 heteroatoms. The van der Waals surface area contributed by atoms with Crippen LogP contribution in [0.3, 0.4) is 0 Å². The zero-order valence-electron chi connectivity index (χ0n) is 72.9. The van der Waals surface area contributed by atoms with Crippen LogP contribution in [-0.4, -0.2) is 11.1 Å². The molecule has 4 atom stereocenters.